The highest BCUT2D eigenvalue weighted by Gasteiger charge is 2.39. The van der Waals surface area contributed by atoms with Crippen LogP contribution in [0.1, 0.15) is 64.4 Å². The molecule has 2 fully saturated rings. The summed E-state index contributed by atoms with van der Waals surface area (Å²) in [6.45, 7) is 8.50. The first-order chi connectivity index (χ1) is 13.1. The Bertz CT molecular complexity index is 581. The third kappa shape index (κ3) is 5.71. The quantitative estimate of drug-likeness (QED) is 0.750. The number of urea groups is 1. The normalized spacial score (nSPS) is 23.2. The van der Waals surface area contributed by atoms with Gasteiger partial charge in [-0.2, -0.15) is 0 Å². The Labute approximate surface area is 165 Å². The number of rotatable bonds is 6. The van der Waals surface area contributed by atoms with Crippen LogP contribution in [-0.4, -0.2) is 53.6 Å². The second kappa shape index (κ2) is 9.59. The number of unbranched alkanes of at least 4 members (excludes halogenated alkanes) is 1. The minimum Gasteiger partial charge on any atom is -0.338 e. The van der Waals surface area contributed by atoms with Gasteiger partial charge in [-0.3, -0.25) is 4.90 Å². The Kier molecular flexibility index (Phi) is 7.17. The highest BCUT2D eigenvalue weighted by atomic mass is 16.2. The molecule has 4 heteroatoms. The topological polar surface area (TPSA) is 35.6 Å². The lowest BCUT2D eigenvalue weighted by molar-refractivity contribution is 0.0343. The molecule has 4 nitrogen and oxygen atoms in total. The minimum absolute atomic E-state index is 0.0413. The highest BCUT2D eigenvalue weighted by Crippen LogP contribution is 2.30. The van der Waals surface area contributed by atoms with E-state index in [4.69, 9.17) is 0 Å². The van der Waals surface area contributed by atoms with Crippen LogP contribution in [0.25, 0.3) is 0 Å². The number of nitrogens with zero attached hydrogens (tertiary/aromatic N) is 2. The van der Waals surface area contributed by atoms with Crippen molar-refractivity contribution in [3.63, 3.8) is 0 Å². The molecule has 0 saturated carbocycles. The molecule has 1 aromatic carbocycles. The zero-order valence-electron chi connectivity index (χ0n) is 17.3. The summed E-state index contributed by atoms with van der Waals surface area (Å²) in [5.41, 5.74) is 1.34. The third-order valence-electron chi connectivity index (χ3n) is 6.38. The smallest absolute Gasteiger partial charge is 0.317 e. The van der Waals surface area contributed by atoms with Crippen molar-refractivity contribution in [2.45, 2.75) is 76.8 Å². The number of hydrogen-bond acceptors (Lipinski definition) is 2. The molecule has 0 bridgehead atoms. The summed E-state index contributed by atoms with van der Waals surface area (Å²) in [6.07, 6.45) is 9.53. The Hall–Kier alpha value is -1.55. The number of likely N-dealkylation sites (tertiary alicyclic amines) is 2. The number of benzene rings is 1. The summed E-state index contributed by atoms with van der Waals surface area (Å²) in [6, 6.07) is 11.3. The first-order valence-corrected chi connectivity index (χ1v) is 10.9. The van der Waals surface area contributed by atoms with Crippen molar-refractivity contribution in [2.24, 2.45) is 0 Å². The van der Waals surface area contributed by atoms with Crippen molar-refractivity contribution in [3.05, 3.63) is 35.9 Å². The molecule has 0 radical (unpaired) electrons. The number of hydrogen-bond donors (Lipinski definition) is 1. The molecular weight excluding hydrogens is 334 g/mol. The number of piperidine rings is 2. The molecule has 0 aromatic heterocycles. The standard InChI is InChI=1S/C23H37N3O/c1-23(2)15-14-21(25-17-9-4-10-18-25)19-26(23)22(27)24-16-8-7-13-20-11-5-3-6-12-20/h3,5-6,11-12,21H,4,7-10,13-19H2,1-2H3,(H,24,27). The van der Waals surface area contributed by atoms with Crippen LogP contribution in [0.15, 0.2) is 30.3 Å². The molecule has 0 aliphatic carbocycles. The summed E-state index contributed by atoms with van der Waals surface area (Å²) in [4.78, 5) is 17.6. The van der Waals surface area contributed by atoms with Crippen molar-refractivity contribution in [1.82, 2.24) is 15.1 Å². The molecule has 27 heavy (non-hydrogen) atoms. The predicted octanol–water partition coefficient (Wildman–Crippen LogP) is 4.45. The molecule has 2 aliphatic heterocycles. The monoisotopic (exact) mass is 371 g/mol. The lowest BCUT2D eigenvalue weighted by Gasteiger charge is -2.48. The lowest BCUT2D eigenvalue weighted by Crippen LogP contribution is -2.61. The molecule has 2 aliphatic rings. The van der Waals surface area contributed by atoms with Crippen molar-refractivity contribution >= 4 is 6.03 Å². The number of amides is 2. The van der Waals surface area contributed by atoms with Crippen molar-refractivity contribution in [2.75, 3.05) is 26.2 Å². The fraction of sp³-hybridized carbons (Fsp3) is 0.696. The second-order valence-electron chi connectivity index (χ2n) is 8.89. The fourth-order valence-corrected chi connectivity index (χ4v) is 4.53. The van der Waals surface area contributed by atoms with Gasteiger partial charge >= 0.3 is 6.03 Å². The van der Waals surface area contributed by atoms with Crippen LogP contribution in [0.4, 0.5) is 4.79 Å². The van der Waals surface area contributed by atoms with E-state index in [0.29, 0.717) is 6.04 Å². The van der Waals surface area contributed by atoms with Crippen LogP contribution in [0.2, 0.25) is 0 Å². The Morgan fingerprint density at radius 3 is 2.59 bits per heavy atom. The molecule has 0 spiro atoms. The molecule has 3 rings (SSSR count). The maximum atomic E-state index is 12.9. The molecule has 1 atom stereocenters. The van der Waals surface area contributed by atoms with Crippen LogP contribution in [0.3, 0.4) is 0 Å². The van der Waals surface area contributed by atoms with Gasteiger partial charge in [-0.05, 0) is 77.4 Å². The molecule has 2 saturated heterocycles. The summed E-state index contributed by atoms with van der Waals surface area (Å²) in [5.74, 6) is 0. The average Bonchev–Trinajstić information content (AvgIpc) is 2.69. The second-order valence-corrected chi connectivity index (χ2v) is 8.89. The molecule has 2 amide bonds. The van der Waals surface area contributed by atoms with Gasteiger partial charge in [0.25, 0.3) is 0 Å². The molecule has 2 heterocycles. The fourth-order valence-electron chi connectivity index (χ4n) is 4.53. The summed E-state index contributed by atoms with van der Waals surface area (Å²) in [7, 11) is 0. The van der Waals surface area contributed by atoms with Crippen LogP contribution in [0, 0.1) is 0 Å². The van der Waals surface area contributed by atoms with E-state index in [1.807, 2.05) is 0 Å². The van der Waals surface area contributed by atoms with E-state index in [-0.39, 0.29) is 11.6 Å². The number of nitrogens with one attached hydrogen (secondary N) is 1. The van der Waals surface area contributed by atoms with E-state index in [9.17, 15) is 4.79 Å². The number of aryl methyl sites for hydroxylation is 1. The Morgan fingerprint density at radius 2 is 1.85 bits per heavy atom. The largest absolute Gasteiger partial charge is 0.338 e. The molecule has 1 N–H and O–H groups in total. The van der Waals surface area contributed by atoms with Gasteiger partial charge in [0.2, 0.25) is 0 Å². The Morgan fingerprint density at radius 1 is 1.11 bits per heavy atom. The summed E-state index contributed by atoms with van der Waals surface area (Å²) >= 11 is 0. The van der Waals surface area contributed by atoms with Gasteiger partial charge in [-0.1, -0.05) is 36.8 Å². The summed E-state index contributed by atoms with van der Waals surface area (Å²) in [5, 5.41) is 3.19. The van der Waals surface area contributed by atoms with Gasteiger partial charge in [0.05, 0.1) is 0 Å². The van der Waals surface area contributed by atoms with Crippen molar-refractivity contribution in [1.29, 1.82) is 0 Å². The van der Waals surface area contributed by atoms with E-state index < -0.39 is 0 Å². The van der Waals surface area contributed by atoms with Crippen molar-refractivity contribution in [3.8, 4) is 0 Å². The first kappa shape index (κ1) is 20.2. The maximum absolute atomic E-state index is 12.9. The number of carbonyl (C=O) groups is 1. The third-order valence-corrected chi connectivity index (χ3v) is 6.38. The van der Waals surface area contributed by atoms with Crippen LogP contribution in [-0.2, 0) is 6.42 Å². The van der Waals surface area contributed by atoms with E-state index >= 15 is 0 Å². The molecule has 150 valence electrons. The van der Waals surface area contributed by atoms with Gasteiger partial charge < -0.3 is 10.2 Å². The highest BCUT2D eigenvalue weighted by molar-refractivity contribution is 5.75. The van der Waals surface area contributed by atoms with E-state index in [1.54, 1.807) is 0 Å². The first-order valence-electron chi connectivity index (χ1n) is 10.9. The molecule has 1 aromatic rings. The summed E-state index contributed by atoms with van der Waals surface area (Å²) < 4.78 is 0. The van der Waals surface area contributed by atoms with E-state index in [0.717, 1.165) is 38.8 Å². The van der Waals surface area contributed by atoms with Gasteiger partial charge in [0.15, 0.2) is 0 Å². The minimum atomic E-state index is -0.0413. The van der Waals surface area contributed by atoms with Gasteiger partial charge in [-0.15, -0.1) is 0 Å². The van der Waals surface area contributed by atoms with Crippen molar-refractivity contribution < 1.29 is 4.79 Å². The zero-order valence-corrected chi connectivity index (χ0v) is 17.3. The van der Waals surface area contributed by atoms with Gasteiger partial charge in [-0.25, -0.2) is 4.79 Å². The van der Waals surface area contributed by atoms with E-state index in [2.05, 4.69) is 59.3 Å². The van der Waals surface area contributed by atoms with Gasteiger partial charge in [0.1, 0.15) is 0 Å². The maximum Gasteiger partial charge on any atom is 0.317 e. The van der Waals surface area contributed by atoms with E-state index in [1.165, 1.54) is 44.3 Å². The lowest BCUT2D eigenvalue weighted by atomic mass is 9.87. The van der Waals surface area contributed by atoms with Crippen LogP contribution in [0.5, 0.6) is 0 Å². The van der Waals surface area contributed by atoms with Crippen LogP contribution < -0.4 is 5.32 Å². The van der Waals surface area contributed by atoms with Gasteiger partial charge in [0, 0.05) is 24.7 Å². The predicted molar refractivity (Wildman–Crippen MR) is 112 cm³/mol. The SMILES string of the molecule is CC1(C)CCC(N2CCCCC2)CN1C(=O)NCCCCc1ccccc1. The zero-order chi connectivity index (χ0) is 19.1. The average molecular weight is 372 g/mol. The number of carbonyl (C=O) groups excluding carboxylic acids is 1. The molecular formula is C23H37N3O. The van der Waals surface area contributed by atoms with Crippen LogP contribution >= 0.6 is 0 Å². The Balaban J connectivity index is 1.43. The molecule has 1 unspecified atom stereocenters.